The molecule has 1 unspecified atom stereocenters. The van der Waals surface area contributed by atoms with Crippen LogP contribution in [0.1, 0.15) is 25.6 Å². The molecule has 1 rings (SSSR count). The predicted molar refractivity (Wildman–Crippen MR) is 47.0 cm³/mol. The molecule has 0 saturated carbocycles. The molecule has 0 amide bonds. The van der Waals surface area contributed by atoms with Crippen molar-refractivity contribution in [1.29, 1.82) is 0 Å². The number of hydrogen-bond donors (Lipinski definition) is 1. The van der Waals surface area contributed by atoms with Gasteiger partial charge in [-0.15, -0.1) is 0 Å². The number of rotatable bonds is 5. The summed E-state index contributed by atoms with van der Waals surface area (Å²) in [6.07, 6.45) is 0.610. The Morgan fingerprint density at radius 1 is 1.62 bits per heavy atom. The first kappa shape index (κ1) is 10.1. The van der Waals surface area contributed by atoms with Crippen LogP contribution in [-0.2, 0) is 17.8 Å². The fourth-order valence-corrected chi connectivity index (χ4v) is 0.900. The molecule has 0 aliphatic heterocycles. The molecule has 0 fully saturated rings. The van der Waals surface area contributed by atoms with Gasteiger partial charge < -0.3 is 15.0 Å². The van der Waals surface area contributed by atoms with Crippen LogP contribution in [0.25, 0.3) is 0 Å². The Bertz CT molecular complexity index is 247. The average Bonchev–Trinajstić information content (AvgIpc) is 2.48. The van der Waals surface area contributed by atoms with Gasteiger partial charge in [0.05, 0.1) is 0 Å². The van der Waals surface area contributed by atoms with E-state index in [0.29, 0.717) is 31.3 Å². The van der Waals surface area contributed by atoms with Gasteiger partial charge in [-0.2, -0.15) is 4.98 Å². The monoisotopic (exact) mass is 185 g/mol. The SMILES string of the molecule is CCOCc1noc(CC(C)N)n1. The second kappa shape index (κ2) is 4.94. The Labute approximate surface area is 77.3 Å². The number of nitrogens with two attached hydrogens (primary N) is 1. The molecule has 0 aromatic carbocycles. The van der Waals surface area contributed by atoms with E-state index < -0.39 is 0 Å². The zero-order valence-corrected chi connectivity index (χ0v) is 7.99. The summed E-state index contributed by atoms with van der Waals surface area (Å²) in [4.78, 5) is 4.11. The summed E-state index contributed by atoms with van der Waals surface area (Å²) in [6.45, 7) is 4.87. The molecule has 0 saturated heterocycles. The van der Waals surface area contributed by atoms with E-state index in [1.807, 2.05) is 13.8 Å². The molecule has 1 aromatic heterocycles. The third kappa shape index (κ3) is 3.52. The van der Waals surface area contributed by atoms with E-state index >= 15 is 0 Å². The molecule has 5 heteroatoms. The maximum absolute atomic E-state index is 5.57. The molecular weight excluding hydrogens is 170 g/mol. The molecule has 2 N–H and O–H groups in total. The van der Waals surface area contributed by atoms with Crippen molar-refractivity contribution >= 4 is 0 Å². The molecule has 1 aromatic rings. The van der Waals surface area contributed by atoms with Crippen molar-refractivity contribution in [3.8, 4) is 0 Å². The van der Waals surface area contributed by atoms with Crippen LogP contribution in [0.3, 0.4) is 0 Å². The Balaban J connectivity index is 2.44. The van der Waals surface area contributed by atoms with Crippen molar-refractivity contribution in [1.82, 2.24) is 10.1 Å². The number of ether oxygens (including phenoxy) is 1. The van der Waals surface area contributed by atoms with E-state index in [1.165, 1.54) is 0 Å². The lowest BCUT2D eigenvalue weighted by Crippen LogP contribution is -2.17. The van der Waals surface area contributed by atoms with Crippen molar-refractivity contribution in [2.45, 2.75) is 32.9 Å². The molecule has 74 valence electrons. The summed E-state index contributed by atoms with van der Waals surface area (Å²) in [5, 5.41) is 3.74. The van der Waals surface area contributed by atoms with Gasteiger partial charge in [-0.3, -0.25) is 0 Å². The highest BCUT2D eigenvalue weighted by Crippen LogP contribution is 2.01. The van der Waals surface area contributed by atoms with Crippen LogP contribution in [0.2, 0.25) is 0 Å². The van der Waals surface area contributed by atoms with Gasteiger partial charge in [-0.05, 0) is 13.8 Å². The van der Waals surface area contributed by atoms with Gasteiger partial charge in [-0.25, -0.2) is 0 Å². The summed E-state index contributed by atoms with van der Waals surface area (Å²) in [6, 6.07) is 0.0420. The van der Waals surface area contributed by atoms with Gasteiger partial charge >= 0.3 is 0 Å². The van der Waals surface area contributed by atoms with Crippen LogP contribution < -0.4 is 5.73 Å². The van der Waals surface area contributed by atoms with Gasteiger partial charge in [0.25, 0.3) is 0 Å². The van der Waals surface area contributed by atoms with Gasteiger partial charge in [0.2, 0.25) is 5.89 Å². The van der Waals surface area contributed by atoms with Crippen LogP contribution in [0.4, 0.5) is 0 Å². The standard InChI is InChI=1S/C8H15N3O2/c1-3-12-5-7-10-8(13-11-7)4-6(2)9/h6H,3-5,9H2,1-2H3. The molecule has 0 aliphatic rings. The van der Waals surface area contributed by atoms with E-state index in [4.69, 9.17) is 15.0 Å². The van der Waals surface area contributed by atoms with Crippen molar-refractivity contribution in [3.63, 3.8) is 0 Å². The van der Waals surface area contributed by atoms with Gasteiger partial charge in [0.15, 0.2) is 5.82 Å². The molecule has 5 nitrogen and oxygen atoms in total. The molecule has 0 spiro atoms. The average molecular weight is 185 g/mol. The number of nitrogens with zero attached hydrogens (tertiary/aromatic N) is 2. The van der Waals surface area contributed by atoms with Crippen molar-refractivity contribution in [2.75, 3.05) is 6.61 Å². The topological polar surface area (TPSA) is 74.2 Å². The Morgan fingerprint density at radius 2 is 2.38 bits per heavy atom. The summed E-state index contributed by atoms with van der Waals surface area (Å²) >= 11 is 0. The smallest absolute Gasteiger partial charge is 0.228 e. The first-order valence-electron chi connectivity index (χ1n) is 4.37. The fraction of sp³-hybridized carbons (Fsp3) is 0.750. The summed E-state index contributed by atoms with van der Waals surface area (Å²) in [5.74, 6) is 1.15. The maximum Gasteiger partial charge on any atom is 0.228 e. The molecule has 0 bridgehead atoms. The largest absolute Gasteiger partial charge is 0.374 e. The highest BCUT2D eigenvalue weighted by molar-refractivity contribution is 4.86. The van der Waals surface area contributed by atoms with Crippen LogP contribution in [0, 0.1) is 0 Å². The molecule has 13 heavy (non-hydrogen) atoms. The lowest BCUT2D eigenvalue weighted by Gasteiger charge is -1.96. The zero-order valence-electron chi connectivity index (χ0n) is 7.99. The fourth-order valence-electron chi connectivity index (χ4n) is 0.900. The quantitative estimate of drug-likeness (QED) is 0.722. The maximum atomic E-state index is 5.57. The van der Waals surface area contributed by atoms with Crippen LogP contribution in [-0.4, -0.2) is 22.8 Å². The lowest BCUT2D eigenvalue weighted by molar-refractivity contribution is 0.126. The van der Waals surface area contributed by atoms with Crippen LogP contribution in [0.5, 0.6) is 0 Å². The zero-order chi connectivity index (χ0) is 9.68. The van der Waals surface area contributed by atoms with Gasteiger partial charge in [0, 0.05) is 19.1 Å². The van der Waals surface area contributed by atoms with Crippen molar-refractivity contribution < 1.29 is 9.26 Å². The highest BCUT2D eigenvalue weighted by atomic mass is 16.5. The molecule has 0 radical (unpaired) electrons. The minimum atomic E-state index is 0.0420. The summed E-state index contributed by atoms with van der Waals surface area (Å²) < 4.78 is 10.1. The van der Waals surface area contributed by atoms with Crippen molar-refractivity contribution in [3.05, 3.63) is 11.7 Å². The van der Waals surface area contributed by atoms with E-state index in [-0.39, 0.29) is 6.04 Å². The van der Waals surface area contributed by atoms with Crippen molar-refractivity contribution in [2.24, 2.45) is 5.73 Å². The van der Waals surface area contributed by atoms with E-state index in [2.05, 4.69) is 10.1 Å². The summed E-state index contributed by atoms with van der Waals surface area (Å²) in [5.41, 5.74) is 5.57. The second-order valence-corrected chi connectivity index (χ2v) is 2.92. The molecule has 1 atom stereocenters. The first-order chi connectivity index (χ1) is 6.22. The normalized spacial score (nSPS) is 13.2. The third-order valence-electron chi connectivity index (χ3n) is 1.44. The number of hydrogen-bond acceptors (Lipinski definition) is 5. The van der Waals surface area contributed by atoms with E-state index in [1.54, 1.807) is 0 Å². The lowest BCUT2D eigenvalue weighted by atomic mass is 10.2. The Hall–Kier alpha value is -0.940. The van der Waals surface area contributed by atoms with Crippen LogP contribution >= 0.6 is 0 Å². The third-order valence-corrected chi connectivity index (χ3v) is 1.44. The second-order valence-electron chi connectivity index (χ2n) is 2.92. The predicted octanol–water partition coefficient (Wildman–Crippen LogP) is 0.496. The molecule has 1 heterocycles. The molecule has 0 aliphatic carbocycles. The van der Waals surface area contributed by atoms with Crippen LogP contribution in [0.15, 0.2) is 4.52 Å². The van der Waals surface area contributed by atoms with Gasteiger partial charge in [-0.1, -0.05) is 5.16 Å². The molecular formula is C8H15N3O2. The van der Waals surface area contributed by atoms with Gasteiger partial charge in [0.1, 0.15) is 6.61 Å². The van der Waals surface area contributed by atoms with E-state index in [9.17, 15) is 0 Å². The minimum Gasteiger partial charge on any atom is -0.374 e. The Kier molecular flexibility index (Phi) is 3.85. The highest BCUT2D eigenvalue weighted by Gasteiger charge is 2.07. The van der Waals surface area contributed by atoms with E-state index in [0.717, 1.165) is 0 Å². The minimum absolute atomic E-state index is 0.0420. The number of aromatic nitrogens is 2. The summed E-state index contributed by atoms with van der Waals surface area (Å²) in [7, 11) is 0. The first-order valence-corrected chi connectivity index (χ1v) is 4.37. The Morgan fingerprint density at radius 3 is 3.00 bits per heavy atom.